The highest BCUT2D eigenvalue weighted by atomic mass is 16.5. The standard InChI is InChI=1S/C71H89N5O11/c1-7-67(74-38-43(4)78)75-39-51-33-58(48-13-9-11-45(27-48)23-25-85-8-2)56-24-26-86-54(31-50-34-63(80)59(51)32-49(50)28-47(40-77)17-16-44-12-10-14-52(29-44)76-71(72)73-5)35-53(79)20-18-46-19-22-65(84-6)66(30-46)87-41-62-55-21-15-42(3)57-37-64(81)69(56)61(68(55)57)36-60(62)70(82)83/h9-15,19,21-22,27,29-30,32,34,36-37,42-43,47,49-51,54,56,58,67,70,74-75,77-78,80-83H,7-8,16-18,20,23,25,28,31,33,35,38-41H2,1-6H3,(H3,72,73,76)/t42-,43-,47+,49-,50-,51-,54-,56+,58+,67+/m0/s1. The van der Waals surface area contributed by atoms with E-state index in [4.69, 9.17) is 24.7 Å². The maximum atomic E-state index is 14.6. The Hall–Kier alpha value is -7.20. The maximum absolute atomic E-state index is 14.6. The van der Waals surface area contributed by atoms with E-state index in [9.17, 15) is 35.4 Å². The van der Waals surface area contributed by atoms with E-state index in [-0.39, 0.29) is 78.7 Å². The first-order valence-corrected chi connectivity index (χ1v) is 31.1. The molecular formula is C71H89N5O11. The summed E-state index contributed by atoms with van der Waals surface area (Å²) in [6.07, 6.45) is 12.3. The third-order valence-corrected chi connectivity index (χ3v) is 17.9. The zero-order valence-corrected chi connectivity index (χ0v) is 51.2. The van der Waals surface area contributed by atoms with E-state index in [0.717, 1.165) is 44.5 Å². The molecule has 4 aliphatic heterocycles. The molecule has 0 spiro atoms. The summed E-state index contributed by atoms with van der Waals surface area (Å²) in [6.45, 7) is 9.49. The van der Waals surface area contributed by atoms with Crippen LogP contribution in [0.4, 0.5) is 5.69 Å². The molecule has 0 aromatic heterocycles. The van der Waals surface area contributed by atoms with E-state index in [1.165, 1.54) is 0 Å². The van der Waals surface area contributed by atoms with E-state index in [1.807, 2.05) is 73.7 Å². The number of nitrogens with two attached hydrogens (primary N) is 1. The number of aryl methyl sites for hydroxylation is 2. The van der Waals surface area contributed by atoms with Crippen molar-refractivity contribution in [1.82, 2.24) is 10.6 Å². The fourth-order valence-electron chi connectivity index (χ4n) is 13.2. The van der Waals surface area contributed by atoms with Crippen LogP contribution in [-0.4, -0.2) is 108 Å². The van der Waals surface area contributed by atoms with Gasteiger partial charge < -0.3 is 66.0 Å². The molecule has 0 fully saturated rings. The number of hydrogen-bond donors (Lipinski definition) is 10. The molecule has 10 bridgehead atoms. The molecule has 10 atom stereocenters. The lowest BCUT2D eigenvalue weighted by molar-refractivity contribution is -0.121. The number of Topliss-reactive ketones (excluding diaryl/α,β-unsaturated/α-hetero) is 1. The quantitative estimate of drug-likeness (QED) is 0.0108. The van der Waals surface area contributed by atoms with Crippen LogP contribution >= 0.6 is 0 Å². The zero-order chi connectivity index (χ0) is 61.7. The van der Waals surface area contributed by atoms with Crippen molar-refractivity contribution in [2.24, 2.45) is 34.4 Å². The lowest BCUT2D eigenvalue weighted by Gasteiger charge is -2.36. The van der Waals surface area contributed by atoms with Gasteiger partial charge in [-0.15, -0.1) is 0 Å². The number of aliphatic hydroxyl groups excluding tert-OH is 4. The topological polar surface area (TPSA) is 250 Å². The summed E-state index contributed by atoms with van der Waals surface area (Å²) in [7, 11) is 3.19. The van der Waals surface area contributed by atoms with Gasteiger partial charge >= 0.3 is 0 Å². The van der Waals surface area contributed by atoms with E-state index < -0.39 is 36.3 Å². The lowest BCUT2D eigenvalue weighted by atomic mass is 9.70. The van der Waals surface area contributed by atoms with Gasteiger partial charge in [-0.2, -0.15) is 0 Å². The van der Waals surface area contributed by atoms with E-state index in [0.29, 0.717) is 117 Å². The number of nitrogens with zero attached hydrogens (tertiary/aromatic N) is 1. The second-order valence-electron chi connectivity index (χ2n) is 24.0. The molecule has 16 nitrogen and oxygen atoms in total. The molecule has 2 aliphatic carbocycles. The average molecular weight is 1190 g/mol. The number of allylic oxidation sites excluding steroid dienone is 4. The maximum Gasteiger partial charge on any atom is 0.192 e. The smallest absolute Gasteiger partial charge is 0.192 e. The molecular weight excluding hydrogens is 1100 g/mol. The number of carbonyl (C=O) groups is 1. The number of hydrogen-bond acceptors (Lipinski definition) is 14. The second kappa shape index (κ2) is 30.1. The van der Waals surface area contributed by atoms with E-state index >= 15 is 0 Å². The number of aliphatic imine (C=N–C) groups is 1. The molecule has 0 unspecified atom stereocenters. The number of ether oxygens (including phenoxy) is 4. The monoisotopic (exact) mass is 1190 g/mol. The van der Waals surface area contributed by atoms with Crippen molar-refractivity contribution in [1.29, 1.82) is 0 Å². The number of anilines is 1. The average Bonchev–Trinajstić information content (AvgIpc) is 0.912. The van der Waals surface area contributed by atoms with Crippen molar-refractivity contribution in [3.05, 3.63) is 158 Å². The number of fused-ring (bicyclic) bond motifs is 8. The fourth-order valence-corrected chi connectivity index (χ4v) is 13.2. The number of guanidine groups is 1. The van der Waals surface area contributed by atoms with Crippen molar-refractivity contribution in [2.45, 2.75) is 141 Å². The van der Waals surface area contributed by atoms with Gasteiger partial charge in [0.05, 0.1) is 31.9 Å². The third-order valence-electron chi connectivity index (χ3n) is 17.9. The number of ketones is 1. The minimum absolute atomic E-state index is 0.0146. The van der Waals surface area contributed by atoms with Gasteiger partial charge in [-0.3, -0.25) is 15.1 Å². The highest BCUT2D eigenvalue weighted by Crippen LogP contribution is 2.51. The molecule has 0 saturated carbocycles. The van der Waals surface area contributed by atoms with Crippen LogP contribution in [0.3, 0.4) is 0 Å². The van der Waals surface area contributed by atoms with Gasteiger partial charge in [-0.1, -0.05) is 80.5 Å². The number of methoxy groups -OCH3 is 1. The molecule has 6 aliphatic rings. The predicted octanol–water partition coefficient (Wildman–Crippen LogP) is 10.3. The first-order valence-electron chi connectivity index (χ1n) is 31.1. The first kappa shape index (κ1) is 64.3. The summed E-state index contributed by atoms with van der Waals surface area (Å²) >= 11 is 0. The van der Waals surface area contributed by atoms with Gasteiger partial charge in [0.25, 0.3) is 0 Å². The summed E-state index contributed by atoms with van der Waals surface area (Å²) in [5.74, 6) is 2.13. The number of phenols is 1. The van der Waals surface area contributed by atoms with Crippen LogP contribution in [0, 0.1) is 35.7 Å². The molecule has 11 N–H and O–H groups in total. The van der Waals surface area contributed by atoms with Crippen molar-refractivity contribution in [2.75, 3.05) is 52.4 Å². The Morgan fingerprint density at radius 2 is 1.76 bits per heavy atom. The van der Waals surface area contributed by atoms with Gasteiger partial charge in [-0.05, 0) is 175 Å². The Balaban J connectivity index is 1.27. The highest BCUT2D eigenvalue weighted by molar-refractivity contribution is 6.01. The molecule has 5 aromatic rings. The Morgan fingerprint density at radius 3 is 2.51 bits per heavy atom. The van der Waals surface area contributed by atoms with Crippen molar-refractivity contribution >= 4 is 34.3 Å². The van der Waals surface area contributed by atoms with Crippen molar-refractivity contribution in [3.8, 4) is 29.3 Å². The number of nitrogens with one attached hydrogen (secondary N) is 3. The normalized spacial score (nSPS) is 22.4. The lowest BCUT2D eigenvalue weighted by Crippen LogP contribution is -2.46. The largest absolute Gasteiger partial charge is 0.508 e. The van der Waals surface area contributed by atoms with Crippen LogP contribution in [0.5, 0.6) is 17.2 Å². The number of phenolic OH excluding ortho intramolecular Hbond substituents is 1. The molecule has 11 rings (SSSR count). The van der Waals surface area contributed by atoms with Crippen LogP contribution in [-0.2, 0) is 40.1 Å². The zero-order valence-electron chi connectivity index (χ0n) is 51.2. The van der Waals surface area contributed by atoms with Crippen molar-refractivity contribution in [3.63, 3.8) is 0 Å². The predicted molar refractivity (Wildman–Crippen MR) is 342 cm³/mol. The third kappa shape index (κ3) is 15.9. The van der Waals surface area contributed by atoms with Gasteiger partial charge in [0.15, 0.2) is 23.7 Å². The SMILES string of the molecule is CCOCCc1cccc([C@H]2C[C@@H](CN[C@H](CC)NC[C@H](C)O)C3=C[C@H](C[C@H](CO)CCc4cccc(NC(N)=NC)c4)[C@H](C=C3O)C[C@H]3CC(=O)CCc4ccc(OC)c(c4)OCc4c(C(O)O)cc5c(c(O)cc6c5c4C=C[C@@H]6C)[C@@H]2C#CO3)c1. The van der Waals surface area contributed by atoms with Gasteiger partial charge in [0.2, 0.25) is 0 Å². The molecule has 0 saturated heterocycles. The number of aromatic hydroxyl groups is 1. The molecule has 4 heterocycles. The van der Waals surface area contributed by atoms with Crippen LogP contribution < -0.4 is 31.2 Å². The first-order chi connectivity index (χ1) is 42.1. The number of aliphatic hydroxyl groups is 5. The highest BCUT2D eigenvalue weighted by Gasteiger charge is 2.39. The summed E-state index contributed by atoms with van der Waals surface area (Å²) in [6, 6.07) is 25.5. The van der Waals surface area contributed by atoms with Crippen LogP contribution in [0.1, 0.15) is 147 Å². The Morgan fingerprint density at radius 1 is 0.954 bits per heavy atom. The van der Waals surface area contributed by atoms with Crippen LogP contribution in [0.2, 0.25) is 0 Å². The molecule has 464 valence electrons. The van der Waals surface area contributed by atoms with E-state index in [1.54, 1.807) is 27.1 Å². The minimum Gasteiger partial charge on any atom is -0.508 e. The molecule has 0 radical (unpaired) electrons. The Bertz CT molecular complexity index is 3400. The summed E-state index contributed by atoms with van der Waals surface area (Å²) in [5.41, 5.74) is 14.2. The molecule has 87 heavy (non-hydrogen) atoms. The summed E-state index contributed by atoms with van der Waals surface area (Å²) in [4.78, 5) is 18.6. The molecule has 5 aromatic carbocycles. The van der Waals surface area contributed by atoms with Crippen molar-refractivity contribution < 1.29 is 54.4 Å². The van der Waals surface area contributed by atoms with Gasteiger partial charge in [0, 0.05) is 86.3 Å². The Labute approximate surface area is 512 Å². The summed E-state index contributed by atoms with van der Waals surface area (Å²) < 4.78 is 25.1. The number of carbonyl (C=O) groups excluding carboxylic acids is 1. The van der Waals surface area contributed by atoms with E-state index in [2.05, 4.69) is 77.2 Å². The molecule has 0 amide bonds. The van der Waals surface area contributed by atoms with Gasteiger partial charge in [0.1, 0.15) is 36.1 Å². The fraction of sp³-hybridized carbons (Fsp3) is 0.465. The van der Waals surface area contributed by atoms with Crippen LogP contribution in [0.15, 0.2) is 113 Å². The minimum atomic E-state index is -1.95. The summed E-state index contributed by atoms with van der Waals surface area (Å²) in [5, 5.41) is 82.3. The van der Waals surface area contributed by atoms with Gasteiger partial charge in [-0.25, -0.2) is 0 Å². The number of benzene rings is 5. The number of rotatable bonds is 21. The Kier molecular flexibility index (Phi) is 22.3. The molecule has 16 heteroatoms. The second-order valence-corrected chi connectivity index (χ2v) is 24.0. The van der Waals surface area contributed by atoms with Crippen LogP contribution in [0.25, 0.3) is 16.8 Å².